The van der Waals surface area contributed by atoms with Gasteiger partial charge in [-0.05, 0) is 48.0 Å². The van der Waals surface area contributed by atoms with Gasteiger partial charge in [-0.1, -0.05) is 0 Å². The van der Waals surface area contributed by atoms with Gasteiger partial charge in [0.05, 0.1) is 6.54 Å². The summed E-state index contributed by atoms with van der Waals surface area (Å²) >= 11 is 0. The molecule has 1 heterocycles. The zero-order chi connectivity index (χ0) is 16.4. The number of carbonyl (C=O) groups is 1. The molecule has 1 amide bonds. The van der Waals surface area contributed by atoms with E-state index < -0.39 is 6.67 Å². The molecule has 2 aromatic rings. The minimum absolute atomic E-state index is 0.0188. The molecule has 0 atom stereocenters. The van der Waals surface area contributed by atoms with Crippen LogP contribution in [0.4, 0.5) is 15.8 Å². The van der Waals surface area contributed by atoms with Crippen LogP contribution in [0.25, 0.3) is 0 Å². The molecule has 0 saturated carbocycles. The molecule has 0 fully saturated rings. The number of hydrogen-bond acceptors (Lipinski definition) is 3. The van der Waals surface area contributed by atoms with Crippen LogP contribution in [0.1, 0.15) is 15.9 Å². The average molecular weight is 313 g/mol. The van der Waals surface area contributed by atoms with Crippen LogP contribution in [0.3, 0.4) is 0 Å². The van der Waals surface area contributed by atoms with Crippen molar-refractivity contribution >= 4 is 17.3 Å². The summed E-state index contributed by atoms with van der Waals surface area (Å²) in [6.07, 6.45) is 0. The Morgan fingerprint density at radius 3 is 2.57 bits per heavy atom. The highest BCUT2D eigenvalue weighted by molar-refractivity contribution is 6.10. The molecule has 0 aliphatic carbocycles. The van der Waals surface area contributed by atoms with Crippen molar-refractivity contribution in [2.45, 2.75) is 6.54 Å². The maximum Gasteiger partial charge on any atom is 0.258 e. The van der Waals surface area contributed by atoms with E-state index in [9.17, 15) is 9.18 Å². The predicted molar refractivity (Wildman–Crippen MR) is 89.2 cm³/mol. The molecule has 0 N–H and O–H groups in total. The largest absolute Gasteiger partial charge is 0.491 e. The van der Waals surface area contributed by atoms with Crippen LogP contribution in [-0.2, 0) is 6.54 Å². The first-order valence-corrected chi connectivity index (χ1v) is 7.51. The Kier molecular flexibility index (Phi) is 4.19. The van der Waals surface area contributed by atoms with Crippen molar-refractivity contribution in [1.29, 1.82) is 0 Å². The van der Waals surface area contributed by atoms with Crippen LogP contribution in [0, 0.1) is 0 Å². The lowest BCUT2D eigenvalue weighted by Crippen LogP contribution is -2.23. The first-order valence-electron chi connectivity index (χ1n) is 7.51. The van der Waals surface area contributed by atoms with Crippen LogP contribution in [0.5, 0.6) is 5.75 Å². The van der Waals surface area contributed by atoms with Gasteiger partial charge in [0.2, 0.25) is 0 Å². The average Bonchev–Trinajstić information content (AvgIpc) is 2.89. The van der Waals surface area contributed by atoms with Crippen LogP contribution in [0.15, 0.2) is 42.5 Å². The fraction of sp³-hybridized carbons (Fsp3) is 0.278. The molecule has 0 unspecified atom stereocenters. The molecule has 0 aromatic heterocycles. The predicted octanol–water partition coefficient (Wildman–Crippen LogP) is 3.26. The lowest BCUT2D eigenvalue weighted by atomic mass is 10.1. The van der Waals surface area contributed by atoms with E-state index in [4.69, 9.17) is 4.74 Å². The Bertz CT molecular complexity index is 713. The smallest absolute Gasteiger partial charge is 0.258 e. The highest BCUT2D eigenvalue weighted by atomic mass is 18.2. The van der Waals surface area contributed by atoms with Crippen molar-refractivity contribution in [1.82, 2.24) is 0 Å². The second-order valence-electron chi connectivity index (χ2n) is 5.66. The number of rotatable bonds is 5. The lowest BCUT2D eigenvalue weighted by Gasteiger charge is -2.18. The number of nitrogens with zero attached hydrogens (tertiary/aromatic N) is 2. The molecule has 1 aliphatic rings. The SMILES string of the molecule is CN(C)c1ccc(N2Cc3cc(OCC[18F])ccc3C2=O)cc1. The van der Waals surface area contributed by atoms with Gasteiger partial charge < -0.3 is 14.5 Å². The molecule has 0 radical (unpaired) electrons. The molecule has 3 rings (SSSR count). The van der Waals surface area contributed by atoms with E-state index in [1.54, 1.807) is 17.0 Å². The molecule has 23 heavy (non-hydrogen) atoms. The maximum atomic E-state index is 12.6. The molecular formula is C18H19FN2O2. The summed E-state index contributed by atoms with van der Waals surface area (Å²) in [5, 5.41) is 0. The van der Waals surface area contributed by atoms with Gasteiger partial charge in [-0.3, -0.25) is 4.79 Å². The quantitative estimate of drug-likeness (QED) is 0.849. The first-order chi connectivity index (χ1) is 11.1. The normalized spacial score (nSPS) is 13.2. The van der Waals surface area contributed by atoms with Crippen molar-refractivity contribution < 1.29 is 13.9 Å². The molecule has 4 nitrogen and oxygen atoms in total. The van der Waals surface area contributed by atoms with Crippen LogP contribution >= 0.6 is 0 Å². The summed E-state index contributed by atoms with van der Waals surface area (Å²) in [7, 11) is 3.95. The second kappa shape index (κ2) is 6.28. The van der Waals surface area contributed by atoms with Crippen molar-refractivity contribution in [3.8, 4) is 5.75 Å². The van der Waals surface area contributed by atoms with E-state index in [1.165, 1.54) is 0 Å². The summed E-state index contributed by atoms with van der Waals surface area (Å²) in [5.41, 5.74) is 3.53. The van der Waals surface area contributed by atoms with E-state index in [-0.39, 0.29) is 12.5 Å². The van der Waals surface area contributed by atoms with Crippen molar-refractivity contribution in [2.24, 2.45) is 0 Å². The third kappa shape index (κ3) is 2.99. The van der Waals surface area contributed by atoms with E-state index in [2.05, 4.69) is 0 Å². The molecule has 2 aromatic carbocycles. The van der Waals surface area contributed by atoms with Crippen molar-refractivity contribution in [3.63, 3.8) is 0 Å². The van der Waals surface area contributed by atoms with Gasteiger partial charge in [0.1, 0.15) is 19.0 Å². The first kappa shape index (κ1) is 15.3. The highest BCUT2D eigenvalue weighted by Crippen LogP contribution is 2.31. The number of fused-ring (bicyclic) bond motifs is 1. The van der Waals surface area contributed by atoms with Gasteiger partial charge in [-0.25, -0.2) is 4.39 Å². The fourth-order valence-electron chi connectivity index (χ4n) is 2.68. The summed E-state index contributed by atoms with van der Waals surface area (Å²) in [4.78, 5) is 16.3. The summed E-state index contributed by atoms with van der Waals surface area (Å²) in [6, 6.07) is 13.1. The molecule has 1 aliphatic heterocycles. The van der Waals surface area contributed by atoms with Crippen LogP contribution in [-0.4, -0.2) is 33.3 Å². The van der Waals surface area contributed by atoms with Crippen molar-refractivity contribution in [2.75, 3.05) is 37.2 Å². The fourth-order valence-corrected chi connectivity index (χ4v) is 2.68. The number of ether oxygens (including phenoxy) is 1. The third-order valence-corrected chi connectivity index (χ3v) is 3.90. The number of benzene rings is 2. The minimum Gasteiger partial charge on any atom is -0.491 e. The summed E-state index contributed by atoms with van der Waals surface area (Å²) < 4.78 is 17.5. The number of amides is 1. The number of anilines is 2. The van der Waals surface area contributed by atoms with Gasteiger partial charge in [-0.2, -0.15) is 0 Å². The number of carbonyl (C=O) groups excluding carboxylic acids is 1. The second-order valence-corrected chi connectivity index (χ2v) is 5.66. The van der Waals surface area contributed by atoms with Gasteiger partial charge in [0.25, 0.3) is 5.91 Å². The summed E-state index contributed by atoms with van der Waals surface area (Å²) in [6.45, 7) is 0.00507. The van der Waals surface area contributed by atoms with E-state index in [0.29, 0.717) is 17.9 Å². The van der Waals surface area contributed by atoms with E-state index in [1.807, 2.05) is 49.3 Å². The van der Waals surface area contributed by atoms with Crippen molar-refractivity contribution in [3.05, 3.63) is 53.6 Å². The molecule has 0 bridgehead atoms. The Labute approximate surface area is 135 Å². The van der Waals surface area contributed by atoms with Crippen LogP contribution in [0.2, 0.25) is 0 Å². The lowest BCUT2D eigenvalue weighted by molar-refractivity contribution is 0.0996. The van der Waals surface area contributed by atoms with E-state index >= 15 is 0 Å². The monoisotopic (exact) mass is 313 g/mol. The highest BCUT2D eigenvalue weighted by Gasteiger charge is 2.28. The maximum absolute atomic E-state index is 12.6. The topological polar surface area (TPSA) is 32.8 Å². The molecular weight excluding hydrogens is 294 g/mol. The molecule has 0 saturated heterocycles. The minimum atomic E-state index is -0.527. The van der Waals surface area contributed by atoms with Gasteiger partial charge in [0.15, 0.2) is 0 Å². The molecule has 120 valence electrons. The standard InChI is InChI=1S/C18H19FN2O2/c1-20(2)14-3-5-15(6-4-14)21-12-13-11-16(23-10-9-19)7-8-17(13)18(21)22/h3-8,11H,9-10,12H2,1-2H3/i19-1. The van der Waals surface area contributed by atoms with Crippen LogP contribution < -0.4 is 14.5 Å². The summed E-state index contributed by atoms with van der Waals surface area (Å²) in [5.74, 6) is 0.577. The van der Waals surface area contributed by atoms with Gasteiger partial charge >= 0.3 is 0 Å². The zero-order valence-corrected chi connectivity index (χ0v) is 13.3. The molecule has 0 spiro atoms. The number of halogens is 1. The Hall–Kier alpha value is -2.56. The number of hydrogen-bond donors (Lipinski definition) is 0. The Balaban J connectivity index is 1.82. The van der Waals surface area contributed by atoms with Gasteiger partial charge in [0, 0.05) is 31.0 Å². The Morgan fingerprint density at radius 2 is 1.91 bits per heavy atom. The third-order valence-electron chi connectivity index (χ3n) is 3.90. The number of alkyl halides is 1. The zero-order valence-electron chi connectivity index (χ0n) is 13.3. The van der Waals surface area contributed by atoms with E-state index in [0.717, 1.165) is 16.9 Å². The molecule has 5 heteroatoms. The Morgan fingerprint density at radius 1 is 1.17 bits per heavy atom. The van der Waals surface area contributed by atoms with Gasteiger partial charge in [-0.15, -0.1) is 0 Å².